The molecule has 0 aromatic heterocycles. The van der Waals surface area contributed by atoms with Crippen LogP contribution in [0.5, 0.6) is 0 Å². The topological polar surface area (TPSA) is 69.7 Å². The Hall–Kier alpha value is -1.60. The molecule has 0 spiro atoms. The van der Waals surface area contributed by atoms with Gasteiger partial charge in [0.2, 0.25) is 15.9 Å². The molecule has 0 heterocycles. The van der Waals surface area contributed by atoms with Gasteiger partial charge in [-0.15, -0.1) is 0 Å². The van der Waals surface area contributed by atoms with E-state index in [1.807, 2.05) is 50.2 Å². The van der Waals surface area contributed by atoms with E-state index in [1.54, 1.807) is 4.90 Å². The summed E-state index contributed by atoms with van der Waals surface area (Å²) in [5, 5.41) is 0. The van der Waals surface area contributed by atoms with E-state index < -0.39 is 10.0 Å². The average Bonchev–Trinajstić information content (AvgIpc) is 2.49. The Balaban J connectivity index is 2.67. The number of hydrogen-bond acceptors (Lipinski definition) is 4. The van der Waals surface area contributed by atoms with Gasteiger partial charge >= 0.3 is 0 Å². The van der Waals surface area contributed by atoms with Gasteiger partial charge in [0, 0.05) is 45.5 Å². The molecule has 0 radical (unpaired) electrons. The van der Waals surface area contributed by atoms with Gasteiger partial charge in [0.25, 0.3) is 0 Å². The summed E-state index contributed by atoms with van der Waals surface area (Å²) >= 11 is 0. The van der Waals surface area contributed by atoms with Gasteiger partial charge in [0.05, 0.1) is 5.75 Å². The first kappa shape index (κ1) is 19.4. The van der Waals surface area contributed by atoms with Crippen LogP contribution < -0.4 is 14.5 Å². The molecule has 1 aromatic carbocycles. The minimum Gasteiger partial charge on any atom is -0.378 e. The number of carbonyl (C=O) groups is 1. The van der Waals surface area contributed by atoms with E-state index in [1.165, 1.54) is 6.92 Å². The molecule has 1 N–H and O–H groups in total. The molecule has 0 aliphatic heterocycles. The highest BCUT2D eigenvalue weighted by molar-refractivity contribution is 7.89. The summed E-state index contributed by atoms with van der Waals surface area (Å²) in [4.78, 5) is 15.4. The quantitative estimate of drug-likeness (QED) is 0.744. The van der Waals surface area contributed by atoms with Crippen molar-refractivity contribution in [3.8, 4) is 0 Å². The van der Waals surface area contributed by atoms with Crippen molar-refractivity contribution in [2.45, 2.75) is 26.7 Å². The second kappa shape index (κ2) is 8.88. The Morgan fingerprint density at radius 3 is 2.17 bits per heavy atom. The molecule has 7 heteroatoms. The third-order valence-electron chi connectivity index (χ3n) is 3.48. The van der Waals surface area contributed by atoms with Crippen molar-refractivity contribution >= 4 is 27.3 Å². The van der Waals surface area contributed by atoms with Gasteiger partial charge in [0.15, 0.2) is 0 Å². The molecule has 1 rings (SSSR count). The van der Waals surface area contributed by atoms with Gasteiger partial charge in [-0.1, -0.05) is 13.3 Å². The molecule has 0 aliphatic rings. The summed E-state index contributed by atoms with van der Waals surface area (Å²) in [6, 6.07) is 7.58. The molecular formula is C16H27N3O3S. The standard InChI is InChI=1S/C16H27N3O3S/c1-5-6-13-23(21,22)17-11-12-19(14(2)20)16-9-7-15(8-10-16)18(3)4/h7-10,17H,5-6,11-13H2,1-4H3. The van der Waals surface area contributed by atoms with Crippen molar-refractivity contribution < 1.29 is 13.2 Å². The first-order valence-corrected chi connectivity index (χ1v) is 9.45. The van der Waals surface area contributed by atoms with Gasteiger partial charge in [-0.3, -0.25) is 4.79 Å². The zero-order chi connectivity index (χ0) is 17.5. The van der Waals surface area contributed by atoms with Crippen molar-refractivity contribution in [2.75, 3.05) is 42.7 Å². The number of amides is 1. The molecule has 1 amide bonds. The third-order valence-corrected chi connectivity index (χ3v) is 4.95. The lowest BCUT2D eigenvalue weighted by Gasteiger charge is -2.22. The van der Waals surface area contributed by atoms with Crippen LogP contribution in [0.4, 0.5) is 11.4 Å². The number of nitrogens with one attached hydrogen (secondary N) is 1. The van der Waals surface area contributed by atoms with E-state index in [-0.39, 0.29) is 18.2 Å². The molecule has 0 bridgehead atoms. The summed E-state index contributed by atoms with van der Waals surface area (Å²) in [5.74, 6) is 0.0107. The van der Waals surface area contributed by atoms with Crippen molar-refractivity contribution in [1.29, 1.82) is 0 Å². The normalized spacial score (nSPS) is 11.3. The van der Waals surface area contributed by atoms with E-state index >= 15 is 0 Å². The molecule has 0 unspecified atom stereocenters. The maximum absolute atomic E-state index is 11.8. The fourth-order valence-corrected chi connectivity index (χ4v) is 3.33. The van der Waals surface area contributed by atoms with Gasteiger partial charge < -0.3 is 9.80 Å². The number of anilines is 2. The Morgan fingerprint density at radius 2 is 1.70 bits per heavy atom. The smallest absolute Gasteiger partial charge is 0.223 e. The zero-order valence-corrected chi connectivity index (χ0v) is 15.2. The van der Waals surface area contributed by atoms with Crippen LogP contribution in [0.25, 0.3) is 0 Å². The molecule has 0 fully saturated rings. The number of hydrogen-bond donors (Lipinski definition) is 1. The summed E-state index contributed by atoms with van der Waals surface area (Å²) < 4.78 is 26.1. The number of unbranched alkanes of at least 4 members (excludes halogenated alkanes) is 1. The lowest BCUT2D eigenvalue weighted by atomic mass is 10.2. The SMILES string of the molecule is CCCCS(=O)(=O)NCCN(C(C)=O)c1ccc(N(C)C)cc1. The Morgan fingerprint density at radius 1 is 1.13 bits per heavy atom. The monoisotopic (exact) mass is 341 g/mol. The molecule has 0 saturated carbocycles. The summed E-state index contributed by atoms with van der Waals surface area (Å²) in [5.41, 5.74) is 1.80. The zero-order valence-electron chi connectivity index (χ0n) is 14.4. The number of carbonyl (C=O) groups excluding carboxylic acids is 1. The predicted octanol–water partition coefficient (Wildman–Crippen LogP) is 1.82. The highest BCUT2D eigenvalue weighted by Gasteiger charge is 2.14. The second-order valence-corrected chi connectivity index (χ2v) is 7.57. The van der Waals surface area contributed by atoms with Crippen molar-refractivity contribution in [1.82, 2.24) is 4.72 Å². The fourth-order valence-electron chi connectivity index (χ4n) is 2.12. The van der Waals surface area contributed by atoms with Gasteiger partial charge in [-0.25, -0.2) is 13.1 Å². The van der Waals surface area contributed by atoms with Crippen LogP contribution in [-0.4, -0.2) is 47.3 Å². The van der Waals surface area contributed by atoms with Crippen LogP contribution >= 0.6 is 0 Å². The summed E-state index contributed by atoms with van der Waals surface area (Å²) in [6.07, 6.45) is 1.47. The van der Waals surface area contributed by atoms with Crippen molar-refractivity contribution in [3.05, 3.63) is 24.3 Å². The molecule has 1 aromatic rings. The van der Waals surface area contributed by atoms with Crippen LogP contribution in [0, 0.1) is 0 Å². The Labute approximate surface area is 139 Å². The largest absolute Gasteiger partial charge is 0.378 e. The van der Waals surface area contributed by atoms with Gasteiger partial charge in [-0.2, -0.15) is 0 Å². The molecule has 0 saturated heterocycles. The molecule has 130 valence electrons. The van der Waals surface area contributed by atoms with E-state index in [0.29, 0.717) is 13.0 Å². The van der Waals surface area contributed by atoms with Crippen LogP contribution in [-0.2, 0) is 14.8 Å². The molecule has 23 heavy (non-hydrogen) atoms. The van der Waals surface area contributed by atoms with Gasteiger partial charge in [-0.05, 0) is 30.7 Å². The summed E-state index contributed by atoms with van der Waals surface area (Å²) in [6.45, 7) is 3.94. The summed E-state index contributed by atoms with van der Waals surface area (Å²) in [7, 11) is 0.635. The lowest BCUT2D eigenvalue weighted by molar-refractivity contribution is -0.116. The van der Waals surface area contributed by atoms with Crippen molar-refractivity contribution in [2.24, 2.45) is 0 Å². The van der Waals surface area contributed by atoms with Crippen LogP contribution in [0.3, 0.4) is 0 Å². The minimum absolute atomic E-state index is 0.115. The molecule has 6 nitrogen and oxygen atoms in total. The maximum atomic E-state index is 11.8. The van der Waals surface area contributed by atoms with E-state index in [2.05, 4.69) is 4.72 Å². The predicted molar refractivity (Wildman–Crippen MR) is 95.5 cm³/mol. The number of benzene rings is 1. The average molecular weight is 341 g/mol. The number of sulfonamides is 1. The Kier molecular flexibility index (Phi) is 7.51. The Bertz CT molecular complexity index is 598. The van der Waals surface area contributed by atoms with Crippen LogP contribution in [0.2, 0.25) is 0 Å². The van der Waals surface area contributed by atoms with E-state index in [4.69, 9.17) is 0 Å². The highest BCUT2D eigenvalue weighted by atomic mass is 32.2. The van der Waals surface area contributed by atoms with Crippen LogP contribution in [0.15, 0.2) is 24.3 Å². The minimum atomic E-state index is -3.26. The fraction of sp³-hybridized carbons (Fsp3) is 0.562. The lowest BCUT2D eigenvalue weighted by Crippen LogP contribution is -2.38. The van der Waals surface area contributed by atoms with Crippen molar-refractivity contribution in [3.63, 3.8) is 0 Å². The number of nitrogens with zero attached hydrogens (tertiary/aromatic N) is 2. The highest BCUT2D eigenvalue weighted by Crippen LogP contribution is 2.19. The number of rotatable bonds is 9. The van der Waals surface area contributed by atoms with Gasteiger partial charge in [0.1, 0.15) is 0 Å². The molecular weight excluding hydrogens is 314 g/mol. The van der Waals surface area contributed by atoms with Crippen LogP contribution in [0.1, 0.15) is 26.7 Å². The first-order valence-electron chi connectivity index (χ1n) is 7.79. The third kappa shape index (κ3) is 6.58. The van der Waals surface area contributed by atoms with E-state index in [9.17, 15) is 13.2 Å². The first-order chi connectivity index (χ1) is 10.8. The molecule has 0 aliphatic carbocycles. The molecule has 0 atom stereocenters. The van der Waals surface area contributed by atoms with E-state index in [0.717, 1.165) is 17.8 Å². The second-order valence-electron chi connectivity index (χ2n) is 5.65. The maximum Gasteiger partial charge on any atom is 0.223 e.